The third kappa shape index (κ3) is 3.77. The van der Waals surface area contributed by atoms with Crippen LogP contribution in [0.3, 0.4) is 0 Å². The number of halogens is 1. The molecule has 0 unspecified atom stereocenters. The van der Waals surface area contributed by atoms with Crippen LogP contribution in [0, 0.1) is 5.92 Å². The van der Waals surface area contributed by atoms with Gasteiger partial charge in [0.1, 0.15) is 5.75 Å². The first-order valence-electron chi connectivity index (χ1n) is 8.20. The molecule has 1 saturated heterocycles. The molecule has 0 radical (unpaired) electrons. The third-order valence-electron chi connectivity index (χ3n) is 4.71. The van der Waals surface area contributed by atoms with Crippen LogP contribution in [0.4, 0.5) is 0 Å². The fraction of sp³-hybridized carbons (Fsp3) is 0.500. The highest BCUT2D eigenvalue weighted by Gasteiger charge is 2.20. The van der Waals surface area contributed by atoms with Crippen molar-refractivity contribution in [2.24, 2.45) is 5.92 Å². The van der Waals surface area contributed by atoms with Crippen molar-refractivity contribution in [1.29, 1.82) is 0 Å². The second-order valence-corrected chi connectivity index (χ2v) is 6.60. The van der Waals surface area contributed by atoms with E-state index >= 15 is 0 Å². The molecule has 1 aliphatic heterocycles. The van der Waals surface area contributed by atoms with E-state index in [1.54, 1.807) is 13.3 Å². The molecule has 1 aromatic carbocycles. The molecule has 4 nitrogen and oxygen atoms in total. The molecule has 2 N–H and O–H groups in total. The number of aliphatic hydroxyl groups is 1. The van der Waals surface area contributed by atoms with Gasteiger partial charge in [0.15, 0.2) is 0 Å². The van der Waals surface area contributed by atoms with Gasteiger partial charge in [0, 0.05) is 17.1 Å². The van der Waals surface area contributed by atoms with Gasteiger partial charge in [-0.15, -0.1) is 0 Å². The molecule has 0 saturated carbocycles. The number of piperidine rings is 1. The van der Waals surface area contributed by atoms with Crippen molar-refractivity contribution in [2.45, 2.75) is 31.8 Å². The predicted octanol–water partition coefficient (Wildman–Crippen LogP) is 3.71. The van der Waals surface area contributed by atoms with Crippen LogP contribution in [0.25, 0.3) is 10.9 Å². The molecular formula is C18H23ClN2O2. The monoisotopic (exact) mass is 334 g/mol. The molecular weight excluding hydrogens is 312 g/mol. The summed E-state index contributed by atoms with van der Waals surface area (Å²) in [6.45, 7) is 2.16. The summed E-state index contributed by atoms with van der Waals surface area (Å²) in [4.78, 5) is 4.34. The van der Waals surface area contributed by atoms with Gasteiger partial charge in [-0.3, -0.25) is 4.98 Å². The Balaban J connectivity index is 1.83. The molecule has 124 valence electrons. The second kappa shape index (κ2) is 7.47. The molecule has 1 aliphatic rings. The Labute approximate surface area is 141 Å². The number of aromatic nitrogens is 1. The van der Waals surface area contributed by atoms with Crippen LogP contribution < -0.4 is 10.1 Å². The first-order chi connectivity index (χ1) is 11.2. The standard InChI is InChI=1S/C18H23ClN2O2/c1-23-13-3-4-16-14(10-13)18(15(19)11-21-16)17(22)5-2-12-6-8-20-9-7-12/h3-4,10-12,17,20,22H,2,5-9H2,1H3/t17-/m1/s1. The van der Waals surface area contributed by atoms with E-state index < -0.39 is 6.10 Å². The molecule has 3 rings (SSSR count). The summed E-state index contributed by atoms with van der Waals surface area (Å²) in [6.07, 6.45) is 5.17. The van der Waals surface area contributed by atoms with Crippen molar-refractivity contribution in [2.75, 3.05) is 20.2 Å². The molecule has 0 spiro atoms. The normalized spacial score (nSPS) is 17.3. The SMILES string of the molecule is COc1ccc2ncc(Cl)c([C@H](O)CCC3CCNCC3)c2c1. The van der Waals surface area contributed by atoms with Gasteiger partial charge in [-0.1, -0.05) is 11.6 Å². The van der Waals surface area contributed by atoms with Crippen molar-refractivity contribution in [1.82, 2.24) is 10.3 Å². The molecule has 23 heavy (non-hydrogen) atoms. The van der Waals surface area contributed by atoms with Crippen molar-refractivity contribution >= 4 is 22.5 Å². The van der Waals surface area contributed by atoms with Crippen molar-refractivity contribution in [3.05, 3.63) is 35.0 Å². The van der Waals surface area contributed by atoms with Crippen molar-refractivity contribution in [3.8, 4) is 5.75 Å². The summed E-state index contributed by atoms with van der Waals surface area (Å²) < 4.78 is 5.29. The topological polar surface area (TPSA) is 54.4 Å². The summed E-state index contributed by atoms with van der Waals surface area (Å²) in [5.74, 6) is 1.43. The van der Waals surface area contributed by atoms with E-state index in [1.807, 2.05) is 18.2 Å². The van der Waals surface area contributed by atoms with Gasteiger partial charge in [-0.05, 0) is 62.9 Å². The molecule has 0 amide bonds. The zero-order valence-corrected chi connectivity index (χ0v) is 14.1. The van der Waals surface area contributed by atoms with Crippen LogP contribution in [0.15, 0.2) is 24.4 Å². The molecule has 1 aromatic heterocycles. The van der Waals surface area contributed by atoms with Crippen LogP contribution in [0.1, 0.15) is 37.4 Å². The summed E-state index contributed by atoms with van der Waals surface area (Å²) >= 11 is 6.34. The van der Waals surface area contributed by atoms with Crippen molar-refractivity contribution < 1.29 is 9.84 Å². The zero-order chi connectivity index (χ0) is 16.2. The van der Waals surface area contributed by atoms with Gasteiger partial charge < -0.3 is 15.2 Å². The Bertz CT molecular complexity index is 671. The van der Waals surface area contributed by atoms with E-state index in [4.69, 9.17) is 16.3 Å². The number of aliphatic hydroxyl groups excluding tert-OH is 1. The summed E-state index contributed by atoms with van der Waals surface area (Å²) in [5, 5.41) is 15.5. The number of ether oxygens (including phenoxy) is 1. The maximum Gasteiger partial charge on any atom is 0.119 e. The first kappa shape index (κ1) is 16.5. The maximum absolute atomic E-state index is 10.7. The lowest BCUT2D eigenvalue weighted by molar-refractivity contribution is 0.154. The molecule has 2 aromatic rings. The van der Waals surface area contributed by atoms with Crippen LogP contribution in [0.5, 0.6) is 5.75 Å². The van der Waals surface area contributed by atoms with Crippen LogP contribution in [-0.4, -0.2) is 30.3 Å². The third-order valence-corrected chi connectivity index (χ3v) is 5.01. The van der Waals surface area contributed by atoms with E-state index in [0.29, 0.717) is 10.9 Å². The van der Waals surface area contributed by atoms with Gasteiger partial charge in [0.2, 0.25) is 0 Å². The predicted molar refractivity (Wildman–Crippen MR) is 93.1 cm³/mol. The smallest absolute Gasteiger partial charge is 0.119 e. The number of hydrogen-bond donors (Lipinski definition) is 2. The highest BCUT2D eigenvalue weighted by molar-refractivity contribution is 6.32. The van der Waals surface area contributed by atoms with Gasteiger partial charge in [0.25, 0.3) is 0 Å². The minimum absolute atomic E-state index is 0.517. The van der Waals surface area contributed by atoms with Crippen LogP contribution >= 0.6 is 11.6 Å². The fourth-order valence-corrected chi connectivity index (χ4v) is 3.62. The molecule has 1 atom stereocenters. The number of nitrogens with zero attached hydrogens (tertiary/aromatic N) is 1. The second-order valence-electron chi connectivity index (χ2n) is 6.19. The van der Waals surface area contributed by atoms with Gasteiger partial charge in [0.05, 0.1) is 23.8 Å². The average Bonchev–Trinajstić information content (AvgIpc) is 2.60. The molecule has 1 fully saturated rings. The Hall–Kier alpha value is -1.36. The summed E-state index contributed by atoms with van der Waals surface area (Å²) in [6, 6.07) is 5.67. The number of hydrogen-bond acceptors (Lipinski definition) is 4. The Morgan fingerprint density at radius 1 is 1.39 bits per heavy atom. The number of nitrogens with one attached hydrogen (secondary N) is 1. The van der Waals surface area contributed by atoms with E-state index in [1.165, 1.54) is 12.8 Å². The number of benzene rings is 1. The fourth-order valence-electron chi connectivity index (χ4n) is 3.34. The number of pyridine rings is 1. The number of methoxy groups -OCH3 is 1. The Kier molecular flexibility index (Phi) is 5.36. The van der Waals surface area contributed by atoms with Gasteiger partial charge >= 0.3 is 0 Å². The lowest BCUT2D eigenvalue weighted by Gasteiger charge is -2.24. The summed E-state index contributed by atoms with van der Waals surface area (Å²) in [7, 11) is 1.63. The lowest BCUT2D eigenvalue weighted by atomic mass is 9.90. The molecule has 0 bridgehead atoms. The maximum atomic E-state index is 10.7. The van der Waals surface area contributed by atoms with Gasteiger partial charge in [-0.25, -0.2) is 0 Å². The highest BCUT2D eigenvalue weighted by Crippen LogP contribution is 2.35. The minimum Gasteiger partial charge on any atom is -0.497 e. The van der Waals surface area contributed by atoms with Crippen molar-refractivity contribution in [3.63, 3.8) is 0 Å². The van der Waals surface area contributed by atoms with Gasteiger partial charge in [-0.2, -0.15) is 0 Å². The number of fused-ring (bicyclic) bond motifs is 1. The Morgan fingerprint density at radius 2 is 2.17 bits per heavy atom. The molecule has 2 heterocycles. The first-order valence-corrected chi connectivity index (χ1v) is 8.57. The minimum atomic E-state index is -0.574. The van der Waals surface area contributed by atoms with Crippen LogP contribution in [0.2, 0.25) is 5.02 Å². The Morgan fingerprint density at radius 3 is 2.91 bits per heavy atom. The molecule has 0 aliphatic carbocycles. The van der Waals surface area contributed by atoms with E-state index in [-0.39, 0.29) is 0 Å². The summed E-state index contributed by atoms with van der Waals surface area (Å²) in [5.41, 5.74) is 1.59. The lowest BCUT2D eigenvalue weighted by Crippen LogP contribution is -2.27. The zero-order valence-electron chi connectivity index (χ0n) is 13.4. The van der Waals surface area contributed by atoms with E-state index in [9.17, 15) is 5.11 Å². The van der Waals surface area contributed by atoms with E-state index in [2.05, 4.69) is 10.3 Å². The number of rotatable bonds is 5. The highest BCUT2D eigenvalue weighted by atomic mass is 35.5. The molecule has 5 heteroatoms. The largest absolute Gasteiger partial charge is 0.497 e. The van der Waals surface area contributed by atoms with Crippen LogP contribution in [-0.2, 0) is 0 Å². The van der Waals surface area contributed by atoms with E-state index in [0.717, 1.165) is 48.1 Å². The average molecular weight is 335 g/mol. The quantitative estimate of drug-likeness (QED) is 0.875.